The third-order valence-electron chi connectivity index (χ3n) is 5.87. The molecule has 2 aromatic carbocycles. The average molecular weight is 445 g/mol. The van der Waals surface area contributed by atoms with Gasteiger partial charge in [0.15, 0.2) is 0 Å². The van der Waals surface area contributed by atoms with Crippen LogP contribution in [0.5, 0.6) is 5.88 Å². The minimum absolute atomic E-state index is 0.207. The Morgan fingerprint density at radius 1 is 0.697 bits per heavy atom. The van der Waals surface area contributed by atoms with E-state index in [1.54, 1.807) is 6.20 Å². The number of aryl methyl sites for hydroxylation is 2. The van der Waals surface area contributed by atoms with E-state index in [2.05, 4.69) is 48.1 Å². The Hall–Kier alpha value is -3.01. The van der Waals surface area contributed by atoms with Gasteiger partial charge in [-0.25, -0.2) is 14.8 Å². The fourth-order valence-corrected chi connectivity index (χ4v) is 3.90. The minimum atomic E-state index is -0.413. The van der Waals surface area contributed by atoms with Crippen LogP contribution in [0.15, 0.2) is 60.9 Å². The van der Waals surface area contributed by atoms with Crippen molar-refractivity contribution in [3.63, 3.8) is 0 Å². The average Bonchev–Trinajstić information content (AvgIpc) is 2.85. The highest BCUT2D eigenvalue weighted by molar-refractivity contribution is 5.90. The SMILES string of the molecule is CCCCCCCCCc1ccc(C(=O)Oc2cnc(-c3ccc(CCC)cc3)cn2)cc1. The van der Waals surface area contributed by atoms with Crippen molar-refractivity contribution in [3.05, 3.63) is 77.6 Å². The molecule has 0 unspecified atom stereocenters. The second-order valence-electron chi connectivity index (χ2n) is 8.64. The third kappa shape index (κ3) is 8.12. The number of ether oxygens (including phenoxy) is 1. The first kappa shape index (κ1) is 24.6. The number of benzene rings is 2. The van der Waals surface area contributed by atoms with Gasteiger partial charge in [-0.1, -0.05) is 95.2 Å². The Balaban J connectivity index is 1.46. The lowest BCUT2D eigenvalue weighted by Gasteiger charge is -2.06. The summed E-state index contributed by atoms with van der Waals surface area (Å²) in [7, 11) is 0. The van der Waals surface area contributed by atoms with Gasteiger partial charge in [-0.15, -0.1) is 0 Å². The first-order chi connectivity index (χ1) is 16.2. The van der Waals surface area contributed by atoms with Crippen LogP contribution in [0.25, 0.3) is 11.3 Å². The highest BCUT2D eigenvalue weighted by Gasteiger charge is 2.10. The summed E-state index contributed by atoms with van der Waals surface area (Å²) in [5.41, 5.74) is 4.85. The molecule has 0 N–H and O–H groups in total. The van der Waals surface area contributed by atoms with Gasteiger partial charge < -0.3 is 4.74 Å². The first-order valence-corrected chi connectivity index (χ1v) is 12.4. The molecule has 1 aromatic heterocycles. The fourth-order valence-electron chi connectivity index (χ4n) is 3.90. The van der Waals surface area contributed by atoms with Crippen LogP contribution in [0, 0.1) is 0 Å². The number of carbonyl (C=O) groups excluding carboxylic acids is 1. The molecule has 174 valence electrons. The molecule has 0 aliphatic carbocycles. The molecule has 4 nitrogen and oxygen atoms in total. The molecule has 0 fully saturated rings. The Kier molecular flexibility index (Phi) is 10.1. The molecule has 0 atom stereocenters. The van der Waals surface area contributed by atoms with E-state index < -0.39 is 5.97 Å². The van der Waals surface area contributed by atoms with Crippen LogP contribution < -0.4 is 4.74 Å². The van der Waals surface area contributed by atoms with Gasteiger partial charge in [-0.2, -0.15) is 0 Å². The van der Waals surface area contributed by atoms with Crippen LogP contribution in [0.3, 0.4) is 0 Å². The molecule has 0 aliphatic heterocycles. The molecular weight excluding hydrogens is 408 g/mol. The molecular formula is C29H36N2O2. The molecule has 1 heterocycles. The van der Waals surface area contributed by atoms with Gasteiger partial charge in [0.2, 0.25) is 5.88 Å². The summed E-state index contributed by atoms with van der Waals surface area (Å²) in [6, 6.07) is 16.0. The summed E-state index contributed by atoms with van der Waals surface area (Å²) in [4.78, 5) is 21.2. The molecule has 3 rings (SSSR count). The van der Waals surface area contributed by atoms with Gasteiger partial charge in [0.05, 0.1) is 23.7 Å². The predicted octanol–water partition coefficient (Wildman–Crippen LogP) is 7.61. The number of hydrogen-bond acceptors (Lipinski definition) is 4. The van der Waals surface area contributed by atoms with Crippen molar-refractivity contribution >= 4 is 5.97 Å². The molecule has 4 heteroatoms. The maximum atomic E-state index is 12.5. The number of rotatable bonds is 13. The number of carbonyl (C=O) groups is 1. The number of aromatic nitrogens is 2. The number of nitrogens with zero attached hydrogens (tertiary/aromatic N) is 2. The van der Waals surface area contributed by atoms with Crippen LogP contribution in [0.2, 0.25) is 0 Å². The largest absolute Gasteiger partial charge is 0.402 e. The van der Waals surface area contributed by atoms with Gasteiger partial charge in [0.1, 0.15) is 0 Å². The van der Waals surface area contributed by atoms with Crippen LogP contribution in [-0.4, -0.2) is 15.9 Å². The van der Waals surface area contributed by atoms with Gasteiger partial charge in [-0.3, -0.25) is 0 Å². The van der Waals surface area contributed by atoms with E-state index in [-0.39, 0.29) is 5.88 Å². The van der Waals surface area contributed by atoms with E-state index >= 15 is 0 Å². The molecule has 0 aliphatic rings. The van der Waals surface area contributed by atoms with E-state index in [9.17, 15) is 4.79 Å². The van der Waals surface area contributed by atoms with Crippen molar-refractivity contribution < 1.29 is 9.53 Å². The Morgan fingerprint density at radius 3 is 1.97 bits per heavy atom. The van der Waals surface area contributed by atoms with Crippen LogP contribution in [0.1, 0.15) is 86.7 Å². The standard InChI is InChI=1S/C29H36N2O2/c1-3-5-6-7-8-9-10-12-24-15-19-26(20-16-24)29(32)33-28-22-30-27(21-31-28)25-17-13-23(11-4-2)14-18-25/h13-22H,3-12H2,1-2H3. The zero-order valence-corrected chi connectivity index (χ0v) is 20.1. The zero-order chi connectivity index (χ0) is 23.3. The fraction of sp³-hybridized carbons (Fsp3) is 0.414. The predicted molar refractivity (Wildman–Crippen MR) is 135 cm³/mol. The van der Waals surface area contributed by atoms with Crippen molar-refractivity contribution in [2.45, 2.75) is 78.1 Å². The highest BCUT2D eigenvalue weighted by Crippen LogP contribution is 2.19. The minimum Gasteiger partial charge on any atom is -0.402 e. The summed E-state index contributed by atoms with van der Waals surface area (Å²) in [6.07, 6.45) is 15.5. The molecule has 33 heavy (non-hydrogen) atoms. The van der Waals surface area contributed by atoms with Crippen molar-refractivity contribution in [2.24, 2.45) is 0 Å². The maximum Gasteiger partial charge on any atom is 0.344 e. The summed E-state index contributed by atoms with van der Waals surface area (Å²) in [6.45, 7) is 4.42. The molecule has 0 saturated carbocycles. The van der Waals surface area contributed by atoms with Crippen molar-refractivity contribution in [1.82, 2.24) is 9.97 Å². The molecule has 0 radical (unpaired) electrons. The lowest BCUT2D eigenvalue weighted by atomic mass is 10.0. The number of unbranched alkanes of at least 4 members (excludes halogenated alkanes) is 6. The summed E-state index contributed by atoms with van der Waals surface area (Å²) < 4.78 is 5.41. The summed E-state index contributed by atoms with van der Waals surface area (Å²) in [5.74, 6) is -0.207. The smallest absolute Gasteiger partial charge is 0.344 e. The van der Waals surface area contributed by atoms with Gasteiger partial charge in [-0.05, 0) is 42.5 Å². The summed E-state index contributed by atoms with van der Waals surface area (Å²) in [5, 5.41) is 0. The van der Waals surface area contributed by atoms with Crippen molar-refractivity contribution in [1.29, 1.82) is 0 Å². The third-order valence-corrected chi connectivity index (χ3v) is 5.87. The number of hydrogen-bond donors (Lipinski definition) is 0. The Labute approximate surface area is 198 Å². The molecule has 0 amide bonds. The quantitative estimate of drug-likeness (QED) is 0.201. The lowest BCUT2D eigenvalue weighted by molar-refractivity contribution is 0.0727. The van der Waals surface area contributed by atoms with Crippen molar-refractivity contribution in [3.8, 4) is 17.1 Å². The Morgan fingerprint density at radius 2 is 1.33 bits per heavy atom. The normalized spacial score (nSPS) is 10.8. The van der Waals surface area contributed by atoms with Crippen LogP contribution >= 0.6 is 0 Å². The molecule has 0 saturated heterocycles. The Bertz CT molecular complexity index is 964. The molecule has 0 bridgehead atoms. The van der Waals surface area contributed by atoms with Gasteiger partial charge in [0.25, 0.3) is 0 Å². The van der Waals surface area contributed by atoms with E-state index in [1.807, 2.05) is 24.3 Å². The van der Waals surface area contributed by atoms with E-state index in [0.717, 1.165) is 30.5 Å². The zero-order valence-electron chi connectivity index (χ0n) is 20.1. The highest BCUT2D eigenvalue weighted by atomic mass is 16.5. The second-order valence-corrected chi connectivity index (χ2v) is 8.64. The van der Waals surface area contributed by atoms with E-state index in [0.29, 0.717) is 5.56 Å². The second kappa shape index (κ2) is 13.5. The van der Waals surface area contributed by atoms with Gasteiger partial charge >= 0.3 is 5.97 Å². The monoisotopic (exact) mass is 444 g/mol. The lowest BCUT2D eigenvalue weighted by Crippen LogP contribution is -2.09. The van der Waals surface area contributed by atoms with Crippen LogP contribution in [0.4, 0.5) is 0 Å². The number of esters is 1. The van der Waals surface area contributed by atoms with Crippen LogP contribution in [-0.2, 0) is 12.8 Å². The topological polar surface area (TPSA) is 52.1 Å². The molecule has 0 spiro atoms. The molecule has 3 aromatic rings. The van der Waals surface area contributed by atoms with E-state index in [1.165, 1.54) is 62.3 Å². The van der Waals surface area contributed by atoms with Gasteiger partial charge in [0, 0.05) is 5.56 Å². The maximum absolute atomic E-state index is 12.5. The van der Waals surface area contributed by atoms with Crippen molar-refractivity contribution in [2.75, 3.05) is 0 Å². The van der Waals surface area contributed by atoms with E-state index in [4.69, 9.17) is 4.74 Å². The summed E-state index contributed by atoms with van der Waals surface area (Å²) >= 11 is 0. The first-order valence-electron chi connectivity index (χ1n) is 12.4.